The lowest BCUT2D eigenvalue weighted by molar-refractivity contribution is -0.118. The Labute approximate surface area is 151 Å². The fourth-order valence-electron chi connectivity index (χ4n) is 4.15. The van der Waals surface area contributed by atoms with E-state index in [1.54, 1.807) is 0 Å². The van der Waals surface area contributed by atoms with Crippen LogP contribution < -0.4 is 16.6 Å². The number of fused-ring (bicyclic) bond motifs is 1. The van der Waals surface area contributed by atoms with E-state index >= 15 is 0 Å². The molecule has 2 aliphatic rings. The lowest BCUT2D eigenvalue weighted by Crippen LogP contribution is -2.37. The minimum absolute atomic E-state index is 0.0650. The standard InChI is InChI=1S/C20H22N4O2/c1-10-6-4-5-7-11(10)14-15-12(8-20(2,3)9-13(15)25)22-17-16(14)18(26)24-19(21)23-17/h4-7,14H,8-9H2,1-3H3,(H4,21,22,23,24,26)/t14-/m1/s1. The van der Waals surface area contributed by atoms with E-state index in [9.17, 15) is 9.59 Å². The molecule has 1 aliphatic heterocycles. The highest BCUT2D eigenvalue weighted by atomic mass is 16.1. The zero-order valence-corrected chi connectivity index (χ0v) is 15.1. The number of carbonyl (C=O) groups excluding carboxylic acids is 1. The van der Waals surface area contributed by atoms with E-state index in [1.807, 2.05) is 31.2 Å². The molecular formula is C20H22N4O2. The molecule has 0 saturated carbocycles. The summed E-state index contributed by atoms with van der Waals surface area (Å²) in [5, 5.41) is 3.23. The first kappa shape index (κ1) is 16.6. The Kier molecular flexibility index (Phi) is 3.54. The number of benzene rings is 1. The van der Waals surface area contributed by atoms with Crippen LogP contribution in [0.2, 0.25) is 0 Å². The highest BCUT2D eigenvalue weighted by Crippen LogP contribution is 2.47. The van der Waals surface area contributed by atoms with Crippen LogP contribution in [0.4, 0.5) is 11.8 Å². The molecule has 0 bridgehead atoms. The van der Waals surface area contributed by atoms with Crippen LogP contribution in [0, 0.1) is 12.3 Å². The molecule has 4 rings (SSSR count). The van der Waals surface area contributed by atoms with Gasteiger partial charge in [-0.3, -0.25) is 14.6 Å². The number of rotatable bonds is 1. The lowest BCUT2D eigenvalue weighted by atomic mass is 9.69. The number of Topliss-reactive ketones (excluding diaryl/α,β-unsaturated/α-hetero) is 1. The van der Waals surface area contributed by atoms with Gasteiger partial charge in [-0.25, -0.2) is 0 Å². The van der Waals surface area contributed by atoms with Crippen LogP contribution >= 0.6 is 0 Å². The molecule has 2 aromatic rings. The average molecular weight is 350 g/mol. The second-order valence-electron chi connectivity index (χ2n) is 7.96. The molecule has 1 atom stereocenters. The second-order valence-corrected chi connectivity index (χ2v) is 7.96. The van der Waals surface area contributed by atoms with Gasteiger partial charge in [-0.15, -0.1) is 0 Å². The maximum atomic E-state index is 13.1. The Balaban J connectivity index is 2.03. The Morgan fingerprint density at radius 2 is 1.92 bits per heavy atom. The molecule has 0 spiro atoms. The zero-order chi connectivity index (χ0) is 18.6. The van der Waals surface area contributed by atoms with Gasteiger partial charge < -0.3 is 11.1 Å². The largest absolute Gasteiger partial charge is 0.369 e. The molecule has 134 valence electrons. The van der Waals surface area contributed by atoms with Crippen molar-refractivity contribution < 1.29 is 4.79 Å². The number of aromatic nitrogens is 2. The molecule has 0 fully saturated rings. The number of H-pyrrole nitrogens is 1. The fraction of sp³-hybridized carbons (Fsp3) is 0.350. The highest BCUT2D eigenvalue weighted by molar-refractivity contribution is 6.01. The normalized spacial score (nSPS) is 21.0. The van der Waals surface area contributed by atoms with Crippen molar-refractivity contribution in [1.82, 2.24) is 9.97 Å². The number of aromatic amines is 1. The van der Waals surface area contributed by atoms with Crippen LogP contribution in [0.1, 0.15) is 49.3 Å². The lowest BCUT2D eigenvalue weighted by Gasteiger charge is -2.38. The number of nitrogens with two attached hydrogens (primary N) is 1. The Bertz CT molecular complexity index is 1020. The average Bonchev–Trinajstić information content (AvgIpc) is 2.52. The van der Waals surface area contributed by atoms with Crippen molar-refractivity contribution in [2.75, 3.05) is 11.1 Å². The molecule has 1 aromatic carbocycles. The summed E-state index contributed by atoms with van der Waals surface area (Å²) in [6.07, 6.45) is 1.19. The van der Waals surface area contributed by atoms with Crippen molar-refractivity contribution >= 4 is 17.5 Å². The van der Waals surface area contributed by atoms with E-state index in [0.29, 0.717) is 23.4 Å². The van der Waals surface area contributed by atoms with Gasteiger partial charge in [0.15, 0.2) is 5.78 Å². The first-order valence-electron chi connectivity index (χ1n) is 8.75. The number of nitrogens with one attached hydrogen (secondary N) is 2. The van der Waals surface area contributed by atoms with Crippen molar-refractivity contribution in [1.29, 1.82) is 0 Å². The van der Waals surface area contributed by atoms with Crippen LogP contribution in [0.3, 0.4) is 0 Å². The molecule has 0 unspecified atom stereocenters. The van der Waals surface area contributed by atoms with E-state index in [-0.39, 0.29) is 22.7 Å². The van der Waals surface area contributed by atoms with Crippen molar-refractivity contribution in [3.8, 4) is 0 Å². The third kappa shape index (κ3) is 2.53. The summed E-state index contributed by atoms with van der Waals surface area (Å²) in [6.45, 7) is 6.15. The molecule has 6 nitrogen and oxygen atoms in total. The van der Waals surface area contributed by atoms with Crippen LogP contribution in [-0.4, -0.2) is 15.8 Å². The maximum absolute atomic E-state index is 13.1. The zero-order valence-electron chi connectivity index (χ0n) is 15.1. The summed E-state index contributed by atoms with van der Waals surface area (Å²) in [6, 6.07) is 7.85. The molecule has 0 radical (unpaired) electrons. The van der Waals surface area contributed by atoms with Crippen LogP contribution in [0.25, 0.3) is 0 Å². The SMILES string of the molecule is Cc1ccccc1[C@@H]1C2=C(CC(C)(C)CC2=O)Nc2nc(N)[nH]c(=O)c21. The Morgan fingerprint density at radius 1 is 1.19 bits per heavy atom. The summed E-state index contributed by atoms with van der Waals surface area (Å²) in [5.41, 5.74) is 9.29. The summed E-state index contributed by atoms with van der Waals surface area (Å²) < 4.78 is 0. The summed E-state index contributed by atoms with van der Waals surface area (Å²) in [7, 11) is 0. The van der Waals surface area contributed by atoms with Gasteiger partial charge >= 0.3 is 0 Å². The quantitative estimate of drug-likeness (QED) is 0.734. The van der Waals surface area contributed by atoms with Gasteiger partial charge in [-0.1, -0.05) is 38.1 Å². The first-order chi connectivity index (χ1) is 12.3. The summed E-state index contributed by atoms with van der Waals surface area (Å²) in [4.78, 5) is 32.7. The maximum Gasteiger partial charge on any atom is 0.258 e. The van der Waals surface area contributed by atoms with Crippen molar-refractivity contribution in [3.63, 3.8) is 0 Å². The number of hydrogen-bond acceptors (Lipinski definition) is 5. The van der Waals surface area contributed by atoms with E-state index in [1.165, 1.54) is 0 Å². The molecule has 0 amide bonds. The topological polar surface area (TPSA) is 101 Å². The molecule has 6 heteroatoms. The molecular weight excluding hydrogens is 328 g/mol. The minimum Gasteiger partial charge on any atom is -0.369 e. The Morgan fingerprint density at radius 3 is 2.65 bits per heavy atom. The molecule has 4 N–H and O–H groups in total. The van der Waals surface area contributed by atoms with E-state index in [2.05, 4.69) is 29.1 Å². The van der Waals surface area contributed by atoms with Crippen LogP contribution in [0.15, 0.2) is 40.3 Å². The van der Waals surface area contributed by atoms with E-state index in [4.69, 9.17) is 5.73 Å². The monoisotopic (exact) mass is 350 g/mol. The predicted octanol–water partition coefficient (Wildman–Crippen LogP) is 2.86. The van der Waals surface area contributed by atoms with Gasteiger partial charge in [-0.05, 0) is 29.9 Å². The van der Waals surface area contributed by atoms with Gasteiger partial charge in [0, 0.05) is 23.6 Å². The number of allylic oxidation sites excluding steroid dienone is 2. The third-order valence-electron chi connectivity index (χ3n) is 5.24. The number of hydrogen-bond donors (Lipinski definition) is 3. The Hall–Kier alpha value is -2.89. The molecule has 2 heterocycles. The number of anilines is 2. The number of nitrogen functional groups attached to an aromatic ring is 1. The molecule has 0 saturated heterocycles. The van der Waals surface area contributed by atoms with E-state index in [0.717, 1.165) is 23.2 Å². The molecule has 1 aromatic heterocycles. The first-order valence-corrected chi connectivity index (χ1v) is 8.75. The van der Waals surface area contributed by atoms with Gasteiger partial charge in [0.05, 0.1) is 5.56 Å². The van der Waals surface area contributed by atoms with Crippen LogP contribution in [0.5, 0.6) is 0 Å². The number of ketones is 1. The number of aryl methyl sites for hydroxylation is 1. The fourth-order valence-corrected chi connectivity index (χ4v) is 4.15. The number of carbonyl (C=O) groups is 1. The van der Waals surface area contributed by atoms with Crippen molar-refractivity contribution in [2.24, 2.45) is 5.41 Å². The van der Waals surface area contributed by atoms with Gasteiger partial charge in [0.1, 0.15) is 5.82 Å². The van der Waals surface area contributed by atoms with E-state index < -0.39 is 5.92 Å². The minimum atomic E-state index is -0.428. The van der Waals surface area contributed by atoms with Gasteiger partial charge in [-0.2, -0.15) is 4.98 Å². The molecule has 26 heavy (non-hydrogen) atoms. The van der Waals surface area contributed by atoms with Gasteiger partial charge in [0.25, 0.3) is 5.56 Å². The van der Waals surface area contributed by atoms with Crippen molar-refractivity contribution in [3.05, 3.63) is 62.6 Å². The number of nitrogens with zero attached hydrogens (tertiary/aromatic N) is 1. The highest BCUT2D eigenvalue weighted by Gasteiger charge is 2.42. The van der Waals surface area contributed by atoms with Gasteiger partial charge in [0.2, 0.25) is 5.95 Å². The molecule has 1 aliphatic carbocycles. The summed E-state index contributed by atoms with van der Waals surface area (Å²) in [5.74, 6) is 0.167. The van der Waals surface area contributed by atoms with Crippen molar-refractivity contribution in [2.45, 2.75) is 39.5 Å². The summed E-state index contributed by atoms with van der Waals surface area (Å²) >= 11 is 0. The smallest absolute Gasteiger partial charge is 0.258 e. The second kappa shape index (κ2) is 5.56. The third-order valence-corrected chi connectivity index (χ3v) is 5.24. The van der Waals surface area contributed by atoms with Crippen LogP contribution in [-0.2, 0) is 4.79 Å². The predicted molar refractivity (Wildman–Crippen MR) is 101 cm³/mol.